The van der Waals surface area contributed by atoms with Crippen LogP contribution in [0.1, 0.15) is 26.0 Å². The number of aromatic nitrogens is 1. The van der Waals surface area contributed by atoms with Crippen LogP contribution in [0.15, 0.2) is 21.2 Å². The molecule has 0 aliphatic heterocycles. The van der Waals surface area contributed by atoms with Crippen molar-refractivity contribution in [2.24, 2.45) is 5.92 Å². The molecule has 5 heteroatoms. The quantitative estimate of drug-likeness (QED) is 0.814. The Morgan fingerprint density at radius 3 is 2.71 bits per heavy atom. The van der Waals surface area contributed by atoms with Crippen LogP contribution in [0, 0.1) is 5.92 Å². The van der Waals surface area contributed by atoms with Crippen LogP contribution in [-0.2, 0) is 6.54 Å². The minimum Gasteiger partial charge on any atom is -0.392 e. The lowest BCUT2D eigenvalue weighted by Crippen LogP contribution is -2.27. The van der Waals surface area contributed by atoms with Crippen molar-refractivity contribution in [1.29, 1.82) is 0 Å². The summed E-state index contributed by atoms with van der Waals surface area (Å²) in [6.07, 6.45) is 2.30. The molecule has 0 bridgehead atoms. The zero-order valence-electron chi connectivity index (χ0n) is 10.1. The van der Waals surface area contributed by atoms with E-state index in [0.29, 0.717) is 19.0 Å². The van der Waals surface area contributed by atoms with Crippen molar-refractivity contribution >= 4 is 31.9 Å². The fourth-order valence-corrected chi connectivity index (χ4v) is 2.69. The Hall–Kier alpha value is 0.0300. The molecule has 3 nitrogen and oxygen atoms in total. The van der Waals surface area contributed by atoms with Crippen molar-refractivity contribution in [3.8, 4) is 0 Å². The van der Waals surface area contributed by atoms with Crippen molar-refractivity contribution in [1.82, 2.24) is 10.3 Å². The highest BCUT2D eigenvalue weighted by Gasteiger charge is 2.07. The van der Waals surface area contributed by atoms with Crippen molar-refractivity contribution in [2.75, 3.05) is 6.54 Å². The summed E-state index contributed by atoms with van der Waals surface area (Å²) in [7, 11) is 0. The summed E-state index contributed by atoms with van der Waals surface area (Å²) in [5.74, 6) is 0.518. The van der Waals surface area contributed by atoms with Gasteiger partial charge in [-0.2, -0.15) is 0 Å². The second kappa shape index (κ2) is 7.46. The number of nitrogens with one attached hydrogen (secondary N) is 1. The summed E-state index contributed by atoms with van der Waals surface area (Å²) in [5, 5.41) is 12.9. The van der Waals surface area contributed by atoms with Gasteiger partial charge in [-0.25, -0.2) is 0 Å². The Kier molecular flexibility index (Phi) is 6.62. The second-order valence-electron chi connectivity index (χ2n) is 4.50. The van der Waals surface area contributed by atoms with Gasteiger partial charge in [0.25, 0.3) is 0 Å². The Bertz CT molecular complexity index is 358. The topological polar surface area (TPSA) is 45.1 Å². The van der Waals surface area contributed by atoms with Crippen molar-refractivity contribution < 1.29 is 5.11 Å². The van der Waals surface area contributed by atoms with Crippen molar-refractivity contribution in [3.63, 3.8) is 0 Å². The molecule has 0 aliphatic rings. The molecule has 17 heavy (non-hydrogen) atoms. The van der Waals surface area contributed by atoms with Crippen molar-refractivity contribution in [3.05, 3.63) is 26.9 Å². The van der Waals surface area contributed by atoms with Crippen LogP contribution in [0.4, 0.5) is 0 Å². The van der Waals surface area contributed by atoms with Gasteiger partial charge in [-0.05, 0) is 50.3 Å². The van der Waals surface area contributed by atoms with Crippen LogP contribution < -0.4 is 5.32 Å². The average Bonchev–Trinajstić information content (AvgIpc) is 2.20. The predicted molar refractivity (Wildman–Crippen MR) is 76.8 cm³/mol. The molecule has 0 aromatic carbocycles. The third-order valence-electron chi connectivity index (χ3n) is 2.30. The van der Waals surface area contributed by atoms with E-state index in [1.54, 1.807) is 6.20 Å². The normalized spacial score (nSPS) is 13.1. The zero-order chi connectivity index (χ0) is 12.8. The predicted octanol–water partition coefficient (Wildman–Crippen LogP) is 3.10. The number of nitrogens with zero attached hydrogens (tertiary/aromatic N) is 1. The van der Waals surface area contributed by atoms with Gasteiger partial charge in [0, 0.05) is 28.2 Å². The van der Waals surface area contributed by atoms with E-state index in [9.17, 15) is 5.11 Å². The van der Waals surface area contributed by atoms with E-state index in [0.717, 1.165) is 21.1 Å². The molecule has 1 heterocycles. The smallest absolute Gasteiger partial charge is 0.0684 e. The fourth-order valence-electron chi connectivity index (χ4n) is 1.56. The largest absolute Gasteiger partial charge is 0.392 e. The number of halogens is 2. The molecule has 0 saturated carbocycles. The molecule has 0 radical (unpaired) electrons. The molecule has 1 rings (SSSR count). The Morgan fingerprint density at radius 1 is 1.41 bits per heavy atom. The molecule has 2 N–H and O–H groups in total. The number of hydrogen-bond donors (Lipinski definition) is 2. The van der Waals surface area contributed by atoms with Crippen LogP contribution in [0.3, 0.4) is 0 Å². The molecule has 0 amide bonds. The third kappa shape index (κ3) is 5.95. The minimum atomic E-state index is -0.288. The summed E-state index contributed by atoms with van der Waals surface area (Å²) >= 11 is 6.82. The average molecular weight is 366 g/mol. The van der Waals surface area contributed by atoms with E-state index in [1.807, 2.05) is 6.07 Å². The van der Waals surface area contributed by atoms with Crippen LogP contribution >= 0.6 is 31.9 Å². The first-order valence-corrected chi connectivity index (χ1v) is 7.26. The van der Waals surface area contributed by atoms with E-state index in [4.69, 9.17) is 0 Å². The Labute approximate surface area is 119 Å². The van der Waals surface area contributed by atoms with E-state index in [2.05, 4.69) is 56.0 Å². The number of aliphatic hydroxyl groups excluding tert-OH is 1. The Balaban J connectivity index is 2.35. The molecule has 0 saturated heterocycles. The summed E-state index contributed by atoms with van der Waals surface area (Å²) in [4.78, 5) is 4.30. The molecular weight excluding hydrogens is 348 g/mol. The first-order valence-electron chi connectivity index (χ1n) is 5.67. The molecule has 96 valence electrons. The third-order valence-corrected chi connectivity index (χ3v) is 3.42. The lowest BCUT2D eigenvalue weighted by Gasteiger charge is -2.14. The number of hydrogen-bond acceptors (Lipinski definition) is 3. The number of rotatable bonds is 6. The summed E-state index contributed by atoms with van der Waals surface area (Å²) in [6.45, 7) is 5.47. The van der Waals surface area contributed by atoms with Gasteiger partial charge in [0.1, 0.15) is 0 Å². The van der Waals surface area contributed by atoms with Gasteiger partial charge < -0.3 is 10.4 Å². The highest BCUT2D eigenvalue weighted by atomic mass is 79.9. The summed E-state index contributed by atoms with van der Waals surface area (Å²) in [5.41, 5.74) is 0.949. The molecule has 0 fully saturated rings. The monoisotopic (exact) mass is 364 g/mol. The van der Waals surface area contributed by atoms with Crippen LogP contribution in [-0.4, -0.2) is 22.7 Å². The minimum absolute atomic E-state index is 0.288. The molecule has 0 spiro atoms. The summed E-state index contributed by atoms with van der Waals surface area (Å²) < 4.78 is 1.92. The maximum Gasteiger partial charge on any atom is 0.0684 e. The highest BCUT2D eigenvalue weighted by Crippen LogP contribution is 2.19. The van der Waals surface area contributed by atoms with Gasteiger partial charge in [-0.1, -0.05) is 13.8 Å². The SMILES string of the molecule is CC(C)CC(O)CNCc1ncc(Br)cc1Br. The van der Waals surface area contributed by atoms with Gasteiger partial charge in [-0.3, -0.25) is 4.98 Å². The molecule has 1 unspecified atom stereocenters. The van der Waals surface area contributed by atoms with Crippen LogP contribution in [0.25, 0.3) is 0 Å². The maximum absolute atomic E-state index is 9.71. The van der Waals surface area contributed by atoms with Crippen molar-refractivity contribution in [2.45, 2.75) is 32.9 Å². The lowest BCUT2D eigenvalue weighted by molar-refractivity contribution is 0.146. The molecule has 1 aromatic rings. The second-order valence-corrected chi connectivity index (χ2v) is 6.27. The van der Waals surface area contributed by atoms with E-state index < -0.39 is 0 Å². The standard InChI is InChI=1S/C12H18Br2N2O/c1-8(2)3-10(17)6-15-7-12-11(14)4-9(13)5-16-12/h4-5,8,10,15,17H,3,6-7H2,1-2H3. The summed E-state index contributed by atoms with van der Waals surface area (Å²) in [6, 6.07) is 1.97. The maximum atomic E-state index is 9.71. The fraction of sp³-hybridized carbons (Fsp3) is 0.583. The molecular formula is C12H18Br2N2O. The first-order chi connectivity index (χ1) is 7.99. The van der Waals surface area contributed by atoms with Crippen LogP contribution in [0.2, 0.25) is 0 Å². The van der Waals surface area contributed by atoms with Gasteiger partial charge in [0.05, 0.1) is 11.8 Å². The lowest BCUT2D eigenvalue weighted by atomic mass is 10.1. The number of pyridine rings is 1. The van der Waals surface area contributed by atoms with E-state index >= 15 is 0 Å². The number of aliphatic hydroxyl groups is 1. The van der Waals surface area contributed by atoms with Gasteiger partial charge in [-0.15, -0.1) is 0 Å². The van der Waals surface area contributed by atoms with Crippen LogP contribution in [0.5, 0.6) is 0 Å². The van der Waals surface area contributed by atoms with Gasteiger partial charge >= 0.3 is 0 Å². The van der Waals surface area contributed by atoms with Gasteiger partial charge in [0.15, 0.2) is 0 Å². The molecule has 0 aliphatic carbocycles. The Morgan fingerprint density at radius 2 is 2.12 bits per heavy atom. The molecule has 1 aromatic heterocycles. The van der Waals surface area contributed by atoms with E-state index in [-0.39, 0.29) is 6.10 Å². The van der Waals surface area contributed by atoms with Gasteiger partial charge in [0.2, 0.25) is 0 Å². The first kappa shape index (κ1) is 15.1. The highest BCUT2D eigenvalue weighted by molar-refractivity contribution is 9.11. The molecule has 1 atom stereocenters. The zero-order valence-corrected chi connectivity index (χ0v) is 13.3. The van der Waals surface area contributed by atoms with E-state index in [1.165, 1.54) is 0 Å².